The van der Waals surface area contributed by atoms with Crippen molar-refractivity contribution in [1.29, 1.82) is 0 Å². The summed E-state index contributed by atoms with van der Waals surface area (Å²) in [4.78, 5) is 0.314. The summed E-state index contributed by atoms with van der Waals surface area (Å²) in [5, 5.41) is 0. The molecule has 0 atom stereocenters. The van der Waals surface area contributed by atoms with Crippen LogP contribution in [0.25, 0.3) is 0 Å². The average Bonchev–Trinajstić information content (AvgIpc) is 2.45. The molecule has 0 spiro atoms. The van der Waals surface area contributed by atoms with Gasteiger partial charge in [-0.2, -0.15) is 0 Å². The van der Waals surface area contributed by atoms with E-state index in [9.17, 15) is 8.42 Å². The maximum absolute atomic E-state index is 12.3. The Labute approximate surface area is 138 Å². The van der Waals surface area contributed by atoms with Gasteiger partial charge in [0.15, 0.2) is 0 Å². The van der Waals surface area contributed by atoms with Gasteiger partial charge in [-0.25, -0.2) is 13.1 Å². The molecule has 0 radical (unpaired) electrons. The molecule has 0 saturated heterocycles. The highest BCUT2D eigenvalue weighted by Crippen LogP contribution is 2.19. The van der Waals surface area contributed by atoms with Crippen molar-refractivity contribution in [3.05, 3.63) is 58.7 Å². The van der Waals surface area contributed by atoms with Crippen LogP contribution in [0.4, 0.5) is 0 Å². The van der Waals surface area contributed by atoms with Crippen molar-refractivity contribution in [3.8, 4) is 5.75 Å². The van der Waals surface area contributed by atoms with Gasteiger partial charge in [0.05, 0.1) is 4.90 Å². The lowest BCUT2D eigenvalue weighted by Gasteiger charge is -2.12. The van der Waals surface area contributed by atoms with E-state index in [1.54, 1.807) is 19.1 Å². The van der Waals surface area contributed by atoms with Gasteiger partial charge in [-0.3, -0.25) is 0 Å². The second-order valence-electron chi connectivity index (χ2n) is 5.78. The number of rotatable bonds is 6. The number of benzene rings is 2. The molecule has 0 unspecified atom stereocenters. The fraction of sp³-hybridized carbons (Fsp3) is 0.333. The topological polar surface area (TPSA) is 55.4 Å². The van der Waals surface area contributed by atoms with Crippen molar-refractivity contribution in [2.45, 2.75) is 32.6 Å². The average molecular weight is 333 g/mol. The fourth-order valence-corrected chi connectivity index (χ4v) is 3.71. The standard InChI is InChI=1S/C18H23NO3S/c1-13-5-7-17(15(3)11-13)22-10-9-19-23(20,21)18-8-6-14(2)12-16(18)4/h5-8,11-12,19H,9-10H2,1-4H3. The Hall–Kier alpha value is -1.85. The van der Waals surface area contributed by atoms with Crippen LogP contribution >= 0.6 is 0 Å². The van der Waals surface area contributed by atoms with Crippen molar-refractivity contribution in [3.63, 3.8) is 0 Å². The highest BCUT2D eigenvalue weighted by atomic mass is 32.2. The lowest BCUT2D eigenvalue weighted by atomic mass is 10.1. The Morgan fingerprint density at radius 1 is 0.913 bits per heavy atom. The Kier molecular flexibility index (Phi) is 5.44. The van der Waals surface area contributed by atoms with Crippen LogP contribution in [0.2, 0.25) is 0 Å². The lowest BCUT2D eigenvalue weighted by molar-refractivity contribution is 0.320. The maximum atomic E-state index is 12.3. The van der Waals surface area contributed by atoms with Crippen LogP contribution in [0.1, 0.15) is 22.3 Å². The van der Waals surface area contributed by atoms with Gasteiger partial charge in [0, 0.05) is 6.54 Å². The molecule has 2 aromatic rings. The van der Waals surface area contributed by atoms with E-state index in [0.717, 1.165) is 22.4 Å². The van der Waals surface area contributed by atoms with Crippen LogP contribution in [0, 0.1) is 27.7 Å². The third-order valence-electron chi connectivity index (χ3n) is 3.60. The second kappa shape index (κ2) is 7.15. The van der Waals surface area contributed by atoms with Crippen molar-refractivity contribution in [2.24, 2.45) is 0 Å². The Balaban J connectivity index is 1.95. The molecule has 0 aromatic heterocycles. The number of sulfonamides is 1. The number of nitrogens with one attached hydrogen (secondary N) is 1. The zero-order valence-corrected chi connectivity index (χ0v) is 14.8. The van der Waals surface area contributed by atoms with Crippen molar-refractivity contribution < 1.29 is 13.2 Å². The van der Waals surface area contributed by atoms with Crippen LogP contribution in [0.15, 0.2) is 41.3 Å². The minimum Gasteiger partial charge on any atom is -0.492 e. The van der Waals surface area contributed by atoms with Crippen LogP contribution in [-0.4, -0.2) is 21.6 Å². The summed E-state index contributed by atoms with van der Waals surface area (Å²) in [5.41, 5.74) is 4.00. The van der Waals surface area contributed by atoms with Gasteiger partial charge in [-0.05, 0) is 51.0 Å². The lowest BCUT2D eigenvalue weighted by Crippen LogP contribution is -2.28. The van der Waals surface area contributed by atoms with Crippen molar-refractivity contribution in [1.82, 2.24) is 4.72 Å². The molecule has 0 saturated carbocycles. The Morgan fingerprint density at radius 2 is 1.52 bits per heavy atom. The molecule has 0 heterocycles. The molecule has 0 amide bonds. The molecule has 4 nitrogen and oxygen atoms in total. The molecule has 124 valence electrons. The maximum Gasteiger partial charge on any atom is 0.240 e. The summed E-state index contributed by atoms with van der Waals surface area (Å²) in [6, 6.07) is 11.2. The molecule has 0 aliphatic rings. The van der Waals surface area contributed by atoms with E-state index in [-0.39, 0.29) is 13.2 Å². The van der Waals surface area contributed by atoms with E-state index in [1.165, 1.54) is 5.56 Å². The predicted molar refractivity (Wildman–Crippen MR) is 92.5 cm³/mol. The normalized spacial score (nSPS) is 11.5. The summed E-state index contributed by atoms with van der Waals surface area (Å²) < 4.78 is 32.9. The molecule has 0 aliphatic carbocycles. The van der Waals surface area contributed by atoms with Gasteiger partial charge >= 0.3 is 0 Å². The molecule has 0 bridgehead atoms. The molecule has 0 aliphatic heterocycles. The first kappa shape index (κ1) is 17.5. The predicted octanol–water partition coefficient (Wildman–Crippen LogP) is 3.28. The largest absolute Gasteiger partial charge is 0.492 e. The minimum absolute atomic E-state index is 0.225. The Bertz CT molecular complexity index is 798. The number of ether oxygens (including phenoxy) is 1. The molecular weight excluding hydrogens is 310 g/mol. The van der Waals surface area contributed by atoms with Crippen LogP contribution in [0.3, 0.4) is 0 Å². The molecule has 23 heavy (non-hydrogen) atoms. The highest BCUT2D eigenvalue weighted by Gasteiger charge is 2.16. The van der Waals surface area contributed by atoms with E-state index in [0.29, 0.717) is 4.90 Å². The zero-order chi connectivity index (χ0) is 17.0. The van der Waals surface area contributed by atoms with Gasteiger partial charge in [-0.1, -0.05) is 35.4 Å². The molecule has 2 rings (SSSR count). The third-order valence-corrected chi connectivity index (χ3v) is 5.22. The Morgan fingerprint density at radius 3 is 2.13 bits per heavy atom. The quantitative estimate of drug-likeness (QED) is 0.826. The molecule has 1 N–H and O–H groups in total. The fourth-order valence-electron chi connectivity index (χ4n) is 2.48. The summed E-state index contributed by atoms with van der Waals surface area (Å²) >= 11 is 0. The van der Waals surface area contributed by atoms with E-state index in [2.05, 4.69) is 4.72 Å². The number of hydrogen-bond donors (Lipinski definition) is 1. The molecule has 5 heteroatoms. The van der Waals surface area contributed by atoms with Gasteiger partial charge < -0.3 is 4.74 Å². The first-order valence-corrected chi connectivity index (χ1v) is 9.05. The van der Waals surface area contributed by atoms with E-state index < -0.39 is 10.0 Å². The summed E-state index contributed by atoms with van der Waals surface area (Å²) in [5.74, 6) is 0.779. The second-order valence-corrected chi connectivity index (χ2v) is 7.52. The first-order valence-electron chi connectivity index (χ1n) is 7.56. The molecule has 2 aromatic carbocycles. The summed E-state index contributed by atoms with van der Waals surface area (Å²) in [7, 11) is -3.51. The van der Waals surface area contributed by atoms with Gasteiger partial charge in [0.1, 0.15) is 12.4 Å². The number of aryl methyl sites for hydroxylation is 4. The van der Waals surface area contributed by atoms with Crippen molar-refractivity contribution >= 4 is 10.0 Å². The first-order chi connectivity index (χ1) is 10.8. The van der Waals surface area contributed by atoms with E-state index >= 15 is 0 Å². The van der Waals surface area contributed by atoms with Gasteiger partial charge in [0.25, 0.3) is 0 Å². The zero-order valence-electron chi connectivity index (χ0n) is 14.0. The SMILES string of the molecule is Cc1ccc(OCCNS(=O)(=O)c2ccc(C)cc2C)c(C)c1. The summed E-state index contributed by atoms with van der Waals surface area (Å²) in [6.07, 6.45) is 0. The highest BCUT2D eigenvalue weighted by molar-refractivity contribution is 7.89. The molecule has 0 fully saturated rings. The number of hydrogen-bond acceptors (Lipinski definition) is 3. The molecular formula is C18H23NO3S. The monoisotopic (exact) mass is 333 g/mol. The van der Waals surface area contributed by atoms with Crippen molar-refractivity contribution in [2.75, 3.05) is 13.2 Å². The van der Waals surface area contributed by atoms with Crippen LogP contribution in [-0.2, 0) is 10.0 Å². The minimum atomic E-state index is -3.51. The third kappa shape index (κ3) is 4.56. The van der Waals surface area contributed by atoms with E-state index in [4.69, 9.17) is 4.74 Å². The van der Waals surface area contributed by atoms with Gasteiger partial charge in [0.2, 0.25) is 10.0 Å². The van der Waals surface area contributed by atoms with Crippen LogP contribution in [0.5, 0.6) is 5.75 Å². The smallest absolute Gasteiger partial charge is 0.240 e. The van der Waals surface area contributed by atoms with Gasteiger partial charge in [-0.15, -0.1) is 0 Å². The summed E-state index contributed by atoms with van der Waals surface area (Å²) in [6.45, 7) is 8.25. The van der Waals surface area contributed by atoms with E-state index in [1.807, 2.05) is 45.0 Å². The van der Waals surface area contributed by atoms with Crippen LogP contribution < -0.4 is 9.46 Å².